The molecular formula is C29H34F2N6O3. The molecule has 9 nitrogen and oxygen atoms in total. The van der Waals surface area contributed by atoms with Crippen molar-refractivity contribution >= 4 is 16.9 Å². The maximum atomic E-state index is 15.7. The van der Waals surface area contributed by atoms with Crippen molar-refractivity contribution in [3.8, 4) is 17.3 Å². The van der Waals surface area contributed by atoms with E-state index in [0.29, 0.717) is 37.2 Å². The fraction of sp³-hybridized carbons (Fsp3) is 0.517. The first-order chi connectivity index (χ1) is 19.2. The van der Waals surface area contributed by atoms with Gasteiger partial charge in [0, 0.05) is 42.6 Å². The fourth-order valence-electron chi connectivity index (χ4n) is 5.79. The summed E-state index contributed by atoms with van der Waals surface area (Å²) in [5.74, 6) is -1.45. The number of piperidine rings is 1. The molecule has 2 saturated heterocycles. The van der Waals surface area contributed by atoms with E-state index in [0.717, 1.165) is 37.3 Å². The molecule has 0 aliphatic carbocycles. The number of pyridine rings is 1. The second-order valence-electron chi connectivity index (χ2n) is 11.0. The van der Waals surface area contributed by atoms with Crippen molar-refractivity contribution in [2.24, 2.45) is 5.92 Å². The highest BCUT2D eigenvalue weighted by molar-refractivity contribution is 5.86. The summed E-state index contributed by atoms with van der Waals surface area (Å²) in [6.07, 6.45) is 2.51. The van der Waals surface area contributed by atoms with E-state index in [9.17, 15) is 15.2 Å². The van der Waals surface area contributed by atoms with Gasteiger partial charge in [-0.05, 0) is 58.7 Å². The highest BCUT2D eigenvalue weighted by Crippen LogP contribution is 2.31. The highest BCUT2D eigenvalue weighted by atomic mass is 19.1. The molecule has 2 aromatic heterocycles. The van der Waals surface area contributed by atoms with Crippen molar-refractivity contribution < 1.29 is 18.6 Å². The molecule has 2 aliphatic heterocycles. The van der Waals surface area contributed by atoms with E-state index in [1.165, 1.54) is 0 Å². The number of nitrogens with zero attached hydrogens (tertiary/aromatic N) is 5. The summed E-state index contributed by atoms with van der Waals surface area (Å²) in [6.45, 7) is 8.12. The van der Waals surface area contributed by atoms with Crippen LogP contribution in [0.2, 0.25) is 0 Å². The number of aliphatic hydroxyl groups is 1. The van der Waals surface area contributed by atoms with Gasteiger partial charge in [-0.25, -0.2) is 18.7 Å². The van der Waals surface area contributed by atoms with E-state index < -0.39 is 23.2 Å². The normalized spacial score (nSPS) is 22.0. The molecule has 212 valence electrons. The zero-order valence-corrected chi connectivity index (χ0v) is 23.0. The lowest BCUT2D eigenvalue weighted by Crippen LogP contribution is -2.42. The Hall–Kier alpha value is -3.46. The largest absolute Gasteiger partial charge is 0.389 e. The van der Waals surface area contributed by atoms with Crippen molar-refractivity contribution in [1.29, 1.82) is 5.26 Å². The van der Waals surface area contributed by atoms with E-state index in [2.05, 4.69) is 26.3 Å². The predicted octanol–water partition coefficient (Wildman–Crippen LogP) is 3.92. The Balaban J connectivity index is 1.60. The SMILES string of the molecule is Cc1c(CN2CCC[C@H](C#N)C2)n(C(C)C)c2cc(-c3nc(N[C@@H]4CCOC[C@H]4O)ncc3F)cc(F)c2c1=O. The van der Waals surface area contributed by atoms with E-state index in [1.807, 2.05) is 18.4 Å². The van der Waals surface area contributed by atoms with Crippen LogP contribution in [-0.2, 0) is 11.3 Å². The van der Waals surface area contributed by atoms with Crippen LogP contribution in [0.15, 0.2) is 23.1 Å². The van der Waals surface area contributed by atoms with Gasteiger partial charge in [0.05, 0.1) is 47.8 Å². The number of halogens is 2. The van der Waals surface area contributed by atoms with Gasteiger partial charge in [-0.1, -0.05) is 0 Å². The van der Waals surface area contributed by atoms with Crippen LogP contribution in [0, 0.1) is 35.8 Å². The molecule has 11 heteroatoms. The third kappa shape index (κ3) is 5.44. The fourth-order valence-corrected chi connectivity index (χ4v) is 5.79. The predicted molar refractivity (Wildman–Crippen MR) is 147 cm³/mol. The average Bonchev–Trinajstić information content (AvgIpc) is 2.93. The summed E-state index contributed by atoms with van der Waals surface area (Å²) < 4.78 is 37.9. The summed E-state index contributed by atoms with van der Waals surface area (Å²) in [7, 11) is 0. The molecule has 0 radical (unpaired) electrons. The van der Waals surface area contributed by atoms with Gasteiger partial charge in [0.25, 0.3) is 0 Å². The zero-order valence-electron chi connectivity index (χ0n) is 23.0. The van der Waals surface area contributed by atoms with Crippen molar-refractivity contribution in [1.82, 2.24) is 19.4 Å². The van der Waals surface area contributed by atoms with E-state index in [1.54, 1.807) is 13.0 Å². The number of anilines is 1. The Bertz CT molecular complexity index is 1520. The van der Waals surface area contributed by atoms with Crippen LogP contribution < -0.4 is 10.7 Å². The Morgan fingerprint density at radius 2 is 2.08 bits per heavy atom. The van der Waals surface area contributed by atoms with Crippen LogP contribution in [0.25, 0.3) is 22.2 Å². The van der Waals surface area contributed by atoms with Gasteiger partial charge in [-0.15, -0.1) is 0 Å². The third-order valence-corrected chi connectivity index (χ3v) is 7.86. The molecule has 2 aliphatic rings. The molecule has 0 amide bonds. The van der Waals surface area contributed by atoms with Gasteiger partial charge in [-0.2, -0.15) is 5.26 Å². The van der Waals surface area contributed by atoms with Crippen LogP contribution in [0.5, 0.6) is 0 Å². The van der Waals surface area contributed by atoms with Crippen molar-refractivity contribution in [2.45, 2.75) is 64.8 Å². The summed E-state index contributed by atoms with van der Waals surface area (Å²) >= 11 is 0. The Morgan fingerprint density at radius 1 is 1.27 bits per heavy atom. The lowest BCUT2D eigenvalue weighted by atomic mass is 9.98. The van der Waals surface area contributed by atoms with Gasteiger partial charge in [-0.3, -0.25) is 9.69 Å². The van der Waals surface area contributed by atoms with E-state index >= 15 is 8.78 Å². The number of nitrogens with one attached hydrogen (secondary N) is 1. The van der Waals surface area contributed by atoms with E-state index in [-0.39, 0.29) is 47.2 Å². The third-order valence-electron chi connectivity index (χ3n) is 7.86. The van der Waals surface area contributed by atoms with Crippen LogP contribution in [0.4, 0.5) is 14.7 Å². The number of hydrogen-bond acceptors (Lipinski definition) is 8. The monoisotopic (exact) mass is 552 g/mol. The highest BCUT2D eigenvalue weighted by Gasteiger charge is 2.27. The van der Waals surface area contributed by atoms with Gasteiger partial charge in [0.2, 0.25) is 5.95 Å². The molecule has 3 aromatic rings. The number of ether oxygens (including phenoxy) is 1. The topological polar surface area (TPSA) is 116 Å². The number of hydrogen-bond donors (Lipinski definition) is 2. The lowest BCUT2D eigenvalue weighted by molar-refractivity contribution is -0.0136. The molecule has 1 aromatic carbocycles. The number of fused-ring (bicyclic) bond motifs is 1. The van der Waals surface area contributed by atoms with Gasteiger partial charge >= 0.3 is 0 Å². The molecule has 0 bridgehead atoms. The van der Waals surface area contributed by atoms with Gasteiger partial charge in [0.15, 0.2) is 11.2 Å². The van der Waals surface area contributed by atoms with E-state index in [4.69, 9.17) is 4.74 Å². The Labute approximate surface area is 231 Å². The van der Waals surface area contributed by atoms with Crippen LogP contribution >= 0.6 is 0 Å². The first kappa shape index (κ1) is 28.1. The summed E-state index contributed by atoms with van der Waals surface area (Å²) in [5.41, 5.74) is 1.23. The number of aromatic nitrogens is 3. The molecule has 0 unspecified atom stereocenters. The second-order valence-corrected chi connectivity index (χ2v) is 11.0. The molecule has 0 saturated carbocycles. The first-order valence-corrected chi connectivity index (χ1v) is 13.7. The van der Waals surface area contributed by atoms with Crippen LogP contribution in [0.1, 0.15) is 50.4 Å². The smallest absolute Gasteiger partial charge is 0.223 e. The number of benzene rings is 1. The van der Waals surface area contributed by atoms with Crippen LogP contribution in [0.3, 0.4) is 0 Å². The molecule has 0 spiro atoms. The molecule has 2 fully saturated rings. The van der Waals surface area contributed by atoms with Crippen molar-refractivity contribution in [3.63, 3.8) is 0 Å². The molecule has 4 heterocycles. The minimum Gasteiger partial charge on any atom is -0.389 e. The minimum absolute atomic E-state index is 0.0506. The average molecular weight is 553 g/mol. The Morgan fingerprint density at radius 3 is 2.80 bits per heavy atom. The lowest BCUT2D eigenvalue weighted by Gasteiger charge is -2.32. The van der Waals surface area contributed by atoms with Gasteiger partial charge < -0.3 is 19.7 Å². The zero-order chi connectivity index (χ0) is 28.6. The molecule has 40 heavy (non-hydrogen) atoms. The maximum absolute atomic E-state index is 15.7. The minimum atomic E-state index is -0.769. The second kappa shape index (κ2) is 11.6. The molecular weight excluding hydrogens is 518 g/mol. The first-order valence-electron chi connectivity index (χ1n) is 13.7. The molecule has 2 N–H and O–H groups in total. The number of aliphatic hydroxyl groups excluding tert-OH is 1. The van der Waals surface area contributed by atoms with Gasteiger partial charge in [0.1, 0.15) is 11.5 Å². The number of rotatable bonds is 6. The van der Waals surface area contributed by atoms with Crippen molar-refractivity contribution in [3.05, 3.63) is 51.4 Å². The summed E-state index contributed by atoms with van der Waals surface area (Å²) in [4.78, 5) is 24.0. The molecule has 5 rings (SSSR count). The maximum Gasteiger partial charge on any atom is 0.223 e. The summed E-state index contributed by atoms with van der Waals surface area (Å²) in [6, 6.07) is 4.59. The Kier molecular flexibility index (Phi) is 8.12. The van der Waals surface area contributed by atoms with Crippen LogP contribution in [-0.4, -0.2) is 63.0 Å². The number of likely N-dealkylation sites (tertiary alicyclic amines) is 1. The number of nitriles is 1. The van der Waals surface area contributed by atoms with Crippen molar-refractivity contribution in [2.75, 3.05) is 31.6 Å². The molecule has 3 atom stereocenters. The quantitative estimate of drug-likeness (QED) is 0.473. The summed E-state index contributed by atoms with van der Waals surface area (Å²) in [5, 5.41) is 22.6. The standard InChI is InChI=1S/C29H34F2N6O3/c1-16(2)37-23-10-19(27-21(31)12-33-29(35-27)34-22-6-8-40-15-25(22)38)9-20(30)26(23)28(39)17(3)24(37)14-36-7-4-5-18(11-32)13-36/h9-10,12,16,18,22,25,38H,4-8,13-15H2,1-3H3,(H,33,34,35)/t18-,22-,25-/m1/s1.